The molecule has 0 spiro atoms. The first-order valence-electron chi connectivity index (χ1n) is 5.54. The number of likely N-dealkylation sites (tertiary alicyclic amines) is 1. The number of thiazole rings is 1. The predicted octanol–water partition coefficient (Wildman–Crippen LogP) is 2.69. The zero-order valence-electron chi connectivity index (χ0n) is 8.83. The standard InChI is InChI=1S/C11H18N2S/c1-2-10-9-14-11(12-10)8-13-6-4-3-5-7-13/h9H,2-8H2,1H3. The van der Waals surface area contributed by atoms with Gasteiger partial charge in [-0.25, -0.2) is 4.98 Å². The largest absolute Gasteiger partial charge is 0.297 e. The molecule has 0 bridgehead atoms. The maximum atomic E-state index is 4.60. The highest BCUT2D eigenvalue weighted by atomic mass is 32.1. The van der Waals surface area contributed by atoms with E-state index >= 15 is 0 Å². The van der Waals surface area contributed by atoms with Crippen LogP contribution in [0.2, 0.25) is 0 Å². The number of hydrogen-bond acceptors (Lipinski definition) is 3. The van der Waals surface area contributed by atoms with Gasteiger partial charge in [-0.1, -0.05) is 13.3 Å². The summed E-state index contributed by atoms with van der Waals surface area (Å²) < 4.78 is 0. The van der Waals surface area contributed by atoms with Crippen LogP contribution in [0.15, 0.2) is 5.38 Å². The maximum Gasteiger partial charge on any atom is 0.107 e. The molecule has 1 saturated heterocycles. The minimum atomic E-state index is 1.07. The Kier molecular flexibility index (Phi) is 3.54. The van der Waals surface area contributed by atoms with Crippen molar-refractivity contribution in [3.63, 3.8) is 0 Å². The molecular weight excluding hydrogens is 192 g/mol. The molecule has 2 heterocycles. The van der Waals surface area contributed by atoms with Gasteiger partial charge in [0.15, 0.2) is 0 Å². The summed E-state index contributed by atoms with van der Waals surface area (Å²) >= 11 is 1.81. The number of piperidine rings is 1. The summed E-state index contributed by atoms with van der Waals surface area (Å²) in [4.78, 5) is 7.13. The summed E-state index contributed by atoms with van der Waals surface area (Å²) in [7, 11) is 0. The smallest absolute Gasteiger partial charge is 0.107 e. The Labute approximate surface area is 90.0 Å². The van der Waals surface area contributed by atoms with Crippen LogP contribution in [0.4, 0.5) is 0 Å². The van der Waals surface area contributed by atoms with E-state index in [1.807, 2.05) is 11.3 Å². The van der Waals surface area contributed by atoms with Crippen LogP contribution in [0.5, 0.6) is 0 Å². The van der Waals surface area contributed by atoms with Gasteiger partial charge >= 0.3 is 0 Å². The maximum absolute atomic E-state index is 4.60. The molecule has 0 aromatic carbocycles. The van der Waals surface area contributed by atoms with E-state index in [1.165, 1.54) is 43.1 Å². The molecule has 1 aromatic heterocycles. The number of rotatable bonds is 3. The van der Waals surface area contributed by atoms with Crippen molar-refractivity contribution in [2.45, 2.75) is 39.2 Å². The fourth-order valence-electron chi connectivity index (χ4n) is 1.89. The molecule has 0 amide bonds. The molecular formula is C11H18N2S. The van der Waals surface area contributed by atoms with Gasteiger partial charge < -0.3 is 0 Å². The lowest BCUT2D eigenvalue weighted by Crippen LogP contribution is -2.29. The minimum absolute atomic E-state index is 1.07. The topological polar surface area (TPSA) is 16.1 Å². The minimum Gasteiger partial charge on any atom is -0.297 e. The molecule has 14 heavy (non-hydrogen) atoms. The van der Waals surface area contributed by atoms with Crippen LogP contribution >= 0.6 is 11.3 Å². The van der Waals surface area contributed by atoms with Gasteiger partial charge in [-0.2, -0.15) is 0 Å². The van der Waals surface area contributed by atoms with Crippen LogP contribution in [0.3, 0.4) is 0 Å². The summed E-state index contributed by atoms with van der Waals surface area (Å²) in [5, 5.41) is 3.49. The first-order chi connectivity index (χ1) is 6.88. The molecule has 0 N–H and O–H groups in total. The molecule has 2 nitrogen and oxygen atoms in total. The van der Waals surface area contributed by atoms with Gasteiger partial charge in [0, 0.05) is 5.38 Å². The van der Waals surface area contributed by atoms with E-state index in [-0.39, 0.29) is 0 Å². The third kappa shape index (κ3) is 2.55. The Morgan fingerprint density at radius 3 is 2.79 bits per heavy atom. The normalized spacial score (nSPS) is 18.6. The summed E-state index contributed by atoms with van der Waals surface area (Å²) in [6, 6.07) is 0. The van der Waals surface area contributed by atoms with Crippen molar-refractivity contribution in [1.29, 1.82) is 0 Å². The Morgan fingerprint density at radius 2 is 2.14 bits per heavy atom. The van der Waals surface area contributed by atoms with Gasteiger partial charge in [0.1, 0.15) is 5.01 Å². The van der Waals surface area contributed by atoms with E-state index in [2.05, 4.69) is 22.2 Å². The zero-order chi connectivity index (χ0) is 9.80. The van der Waals surface area contributed by atoms with Gasteiger partial charge in [-0.15, -0.1) is 11.3 Å². The quantitative estimate of drug-likeness (QED) is 0.762. The molecule has 0 atom stereocenters. The molecule has 0 radical (unpaired) electrons. The molecule has 0 saturated carbocycles. The van der Waals surface area contributed by atoms with Gasteiger partial charge in [0.2, 0.25) is 0 Å². The monoisotopic (exact) mass is 210 g/mol. The van der Waals surface area contributed by atoms with Gasteiger partial charge in [0.05, 0.1) is 12.2 Å². The van der Waals surface area contributed by atoms with Gasteiger partial charge in [0.25, 0.3) is 0 Å². The Bertz CT molecular complexity index is 277. The van der Waals surface area contributed by atoms with Crippen LogP contribution in [0.1, 0.15) is 36.9 Å². The average Bonchev–Trinajstić information content (AvgIpc) is 2.67. The molecule has 1 aromatic rings. The molecule has 1 aliphatic rings. The lowest BCUT2D eigenvalue weighted by Gasteiger charge is -2.25. The molecule has 1 fully saturated rings. The first kappa shape index (κ1) is 10.1. The molecule has 1 aliphatic heterocycles. The Morgan fingerprint density at radius 1 is 1.36 bits per heavy atom. The summed E-state index contributed by atoms with van der Waals surface area (Å²) in [5.41, 5.74) is 1.25. The lowest BCUT2D eigenvalue weighted by atomic mass is 10.1. The van der Waals surface area contributed by atoms with Crippen molar-refractivity contribution >= 4 is 11.3 Å². The van der Waals surface area contributed by atoms with Crippen LogP contribution in [-0.4, -0.2) is 23.0 Å². The van der Waals surface area contributed by atoms with Crippen LogP contribution in [0, 0.1) is 0 Å². The van der Waals surface area contributed by atoms with Gasteiger partial charge in [-0.3, -0.25) is 4.90 Å². The Hall–Kier alpha value is -0.410. The Balaban J connectivity index is 1.89. The summed E-state index contributed by atoms with van der Waals surface area (Å²) in [5.74, 6) is 0. The molecule has 0 aliphatic carbocycles. The number of aryl methyl sites for hydroxylation is 1. The van der Waals surface area contributed by atoms with Crippen LogP contribution in [-0.2, 0) is 13.0 Å². The van der Waals surface area contributed by atoms with E-state index in [9.17, 15) is 0 Å². The van der Waals surface area contributed by atoms with E-state index < -0.39 is 0 Å². The van der Waals surface area contributed by atoms with Crippen molar-refractivity contribution in [1.82, 2.24) is 9.88 Å². The molecule has 3 heteroatoms. The van der Waals surface area contributed by atoms with Crippen molar-refractivity contribution in [3.8, 4) is 0 Å². The highest BCUT2D eigenvalue weighted by Crippen LogP contribution is 2.16. The third-order valence-corrected chi connectivity index (χ3v) is 3.65. The van der Waals surface area contributed by atoms with Crippen molar-refractivity contribution in [3.05, 3.63) is 16.1 Å². The van der Waals surface area contributed by atoms with Crippen molar-refractivity contribution in [2.75, 3.05) is 13.1 Å². The van der Waals surface area contributed by atoms with E-state index in [4.69, 9.17) is 0 Å². The van der Waals surface area contributed by atoms with Crippen LogP contribution < -0.4 is 0 Å². The van der Waals surface area contributed by atoms with E-state index in [0.717, 1.165) is 13.0 Å². The highest BCUT2D eigenvalue weighted by molar-refractivity contribution is 7.09. The fraction of sp³-hybridized carbons (Fsp3) is 0.727. The SMILES string of the molecule is CCc1csc(CN2CCCCC2)n1. The second-order valence-electron chi connectivity index (χ2n) is 3.92. The van der Waals surface area contributed by atoms with E-state index in [1.54, 1.807) is 0 Å². The lowest BCUT2D eigenvalue weighted by molar-refractivity contribution is 0.220. The van der Waals surface area contributed by atoms with Crippen molar-refractivity contribution < 1.29 is 0 Å². The first-order valence-corrected chi connectivity index (χ1v) is 6.42. The number of nitrogens with zero attached hydrogens (tertiary/aromatic N) is 2. The third-order valence-electron chi connectivity index (χ3n) is 2.77. The van der Waals surface area contributed by atoms with Crippen molar-refractivity contribution in [2.24, 2.45) is 0 Å². The number of hydrogen-bond donors (Lipinski definition) is 0. The average molecular weight is 210 g/mol. The molecule has 78 valence electrons. The van der Waals surface area contributed by atoms with E-state index in [0.29, 0.717) is 0 Å². The molecule has 2 rings (SSSR count). The zero-order valence-corrected chi connectivity index (χ0v) is 9.65. The molecule has 0 unspecified atom stereocenters. The predicted molar refractivity (Wildman–Crippen MR) is 60.6 cm³/mol. The number of aromatic nitrogens is 1. The summed E-state index contributed by atoms with van der Waals surface area (Å²) in [6.07, 6.45) is 5.21. The fourth-order valence-corrected chi connectivity index (χ4v) is 2.81. The van der Waals surface area contributed by atoms with Gasteiger partial charge in [-0.05, 0) is 32.4 Å². The van der Waals surface area contributed by atoms with Crippen LogP contribution in [0.25, 0.3) is 0 Å². The highest BCUT2D eigenvalue weighted by Gasteiger charge is 2.11. The summed E-state index contributed by atoms with van der Waals surface area (Å²) in [6.45, 7) is 5.77. The second kappa shape index (κ2) is 4.89. The second-order valence-corrected chi connectivity index (χ2v) is 4.87.